The molecule has 0 fully saturated rings. The van der Waals surface area contributed by atoms with Gasteiger partial charge in [0.05, 0.1) is 5.25 Å². The maximum Gasteiger partial charge on any atom is 0.237 e. The molecule has 0 aliphatic heterocycles. The molecule has 2 aromatic rings. The number of nitrogens with one attached hydrogen (secondary N) is 1. The number of anilines is 1. The first kappa shape index (κ1) is 16.6. The molecule has 0 radical (unpaired) electrons. The Balaban J connectivity index is 2.09. The molecule has 3 heteroatoms. The number of benzene rings is 2. The molecule has 1 unspecified atom stereocenters. The van der Waals surface area contributed by atoms with E-state index in [-0.39, 0.29) is 11.2 Å². The van der Waals surface area contributed by atoms with Gasteiger partial charge in [0.15, 0.2) is 0 Å². The molecular formula is C19H23NOS. The highest BCUT2D eigenvalue weighted by Gasteiger charge is 2.17. The molecule has 2 aromatic carbocycles. The first-order chi connectivity index (χ1) is 10.4. The normalized spacial score (nSPS) is 12.0. The lowest BCUT2D eigenvalue weighted by Gasteiger charge is -2.16. The fourth-order valence-electron chi connectivity index (χ4n) is 2.41. The lowest BCUT2D eigenvalue weighted by molar-refractivity contribution is -0.115. The summed E-state index contributed by atoms with van der Waals surface area (Å²) in [5.74, 6) is 0.0439. The number of thioether (sulfide) groups is 1. The summed E-state index contributed by atoms with van der Waals surface area (Å²) < 4.78 is 0. The van der Waals surface area contributed by atoms with Crippen molar-refractivity contribution in [3.8, 4) is 0 Å². The Kier molecular flexibility index (Phi) is 5.30. The van der Waals surface area contributed by atoms with E-state index >= 15 is 0 Å². The van der Waals surface area contributed by atoms with Crippen molar-refractivity contribution in [3.05, 3.63) is 58.7 Å². The summed E-state index contributed by atoms with van der Waals surface area (Å²) in [4.78, 5) is 13.6. The van der Waals surface area contributed by atoms with E-state index in [9.17, 15) is 4.79 Å². The van der Waals surface area contributed by atoms with Gasteiger partial charge in [-0.05, 0) is 57.4 Å². The van der Waals surface area contributed by atoms with Gasteiger partial charge in [-0.1, -0.05) is 35.9 Å². The minimum atomic E-state index is -0.139. The molecule has 2 rings (SSSR count). The van der Waals surface area contributed by atoms with E-state index in [2.05, 4.69) is 37.4 Å². The van der Waals surface area contributed by atoms with Crippen molar-refractivity contribution in [1.29, 1.82) is 0 Å². The zero-order valence-corrected chi connectivity index (χ0v) is 14.7. The molecule has 0 aliphatic rings. The van der Waals surface area contributed by atoms with Crippen LogP contribution in [0.15, 0.2) is 41.3 Å². The third-order valence-electron chi connectivity index (χ3n) is 3.73. The maximum absolute atomic E-state index is 12.5. The van der Waals surface area contributed by atoms with Gasteiger partial charge in [0, 0.05) is 10.6 Å². The molecule has 0 aliphatic carbocycles. The van der Waals surface area contributed by atoms with Gasteiger partial charge >= 0.3 is 0 Å². The molecule has 0 saturated heterocycles. The molecule has 0 aromatic heterocycles. The summed E-state index contributed by atoms with van der Waals surface area (Å²) >= 11 is 1.61. The largest absolute Gasteiger partial charge is 0.325 e. The Bertz CT molecular complexity index is 674. The molecule has 0 bridgehead atoms. The number of aryl methyl sites for hydroxylation is 4. The van der Waals surface area contributed by atoms with Crippen molar-refractivity contribution in [3.63, 3.8) is 0 Å². The second kappa shape index (κ2) is 7.01. The van der Waals surface area contributed by atoms with Gasteiger partial charge in [-0.25, -0.2) is 0 Å². The second-order valence-corrected chi connectivity index (χ2v) is 7.17. The van der Waals surface area contributed by atoms with Gasteiger partial charge in [0.1, 0.15) is 0 Å². The minimum Gasteiger partial charge on any atom is -0.325 e. The second-order valence-electron chi connectivity index (χ2n) is 5.79. The maximum atomic E-state index is 12.5. The molecule has 0 heterocycles. The number of hydrogen-bond donors (Lipinski definition) is 1. The summed E-state index contributed by atoms with van der Waals surface area (Å²) in [5.41, 5.74) is 5.58. The monoisotopic (exact) mass is 313 g/mol. The van der Waals surface area contributed by atoms with E-state index in [0.29, 0.717) is 0 Å². The van der Waals surface area contributed by atoms with E-state index in [0.717, 1.165) is 21.7 Å². The van der Waals surface area contributed by atoms with Crippen molar-refractivity contribution < 1.29 is 4.79 Å². The van der Waals surface area contributed by atoms with Crippen LogP contribution in [0.4, 0.5) is 5.69 Å². The van der Waals surface area contributed by atoms with Crippen LogP contribution in [0.1, 0.15) is 29.2 Å². The van der Waals surface area contributed by atoms with Crippen LogP contribution in [0, 0.1) is 27.7 Å². The van der Waals surface area contributed by atoms with E-state index in [1.54, 1.807) is 11.8 Å². The molecular weight excluding hydrogens is 290 g/mol. The van der Waals surface area contributed by atoms with Gasteiger partial charge in [-0.15, -0.1) is 11.8 Å². The average molecular weight is 313 g/mol. The molecule has 0 saturated carbocycles. The number of hydrogen-bond acceptors (Lipinski definition) is 2. The fraction of sp³-hybridized carbons (Fsp3) is 0.316. The van der Waals surface area contributed by atoms with Gasteiger partial charge in [0.25, 0.3) is 0 Å². The Morgan fingerprint density at radius 1 is 1.00 bits per heavy atom. The summed E-state index contributed by atoms with van der Waals surface area (Å²) in [7, 11) is 0. The minimum absolute atomic E-state index is 0.0439. The number of amides is 1. The zero-order chi connectivity index (χ0) is 16.3. The third kappa shape index (κ3) is 3.92. The molecule has 1 amide bonds. The number of carbonyl (C=O) groups is 1. The van der Waals surface area contributed by atoms with Crippen LogP contribution < -0.4 is 5.32 Å². The average Bonchev–Trinajstić information content (AvgIpc) is 2.45. The van der Waals surface area contributed by atoms with Crippen LogP contribution in [0.3, 0.4) is 0 Å². The fourth-order valence-corrected chi connectivity index (χ4v) is 3.35. The molecule has 1 N–H and O–H groups in total. The summed E-state index contributed by atoms with van der Waals surface area (Å²) in [6.07, 6.45) is 0. The Hall–Kier alpha value is -1.74. The van der Waals surface area contributed by atoms with Gasteiger partial charge < -0.3 is 5.32 Å². The zero-order valence-electron chi connectivity index (χ0n) is 13.9. The van der Waals surface area contributed by atoms with Crippen LogP contribution in [0.5, 0.6) is 0 Å². The Morgan fingerprint density at radius 3 is 2.23 bits per heavy atom. The smallest absolute Gasteiger partial charge is 0.237 e. The standard InChI is InChI=1S/C19H23NOS/c1-12-9-10-17(15(4)11-12)22-16(5)19(21)20-18-13(2)7-6-8-14(18)3/h6-11,16H,1-5H3,(H,20,21). The van der Waals surface area contributed by atoms with Crippen molar-refractivity contribution in [2.24, 2.45) is 0 Å². The number of para-hydroxylation sites is 1. The van der Waals surface area contributed by atoms with Gasteiger partial charge in [0.2, 0.25) is 5.91 Å². The molecule has 116 valence electrons. The molecule has 22 heavy (non-hydrogen) atoms. The van der Waals surface area contributed by atoms with E-state index < -0.39 is 0 Å². The summed E-state index contributed by atoms with van der Waals surface area (Å²) in [5, 5.41) is 2.93. The van der Waals surface area contributed by atoms with Crippen LogP contribution in [0.2, 0.25) is 0 Å². The van der Waals surface area contributed by atoms with E-state index in [1.165, 1.54) is 11.1 Å². The third-order valence-corrected chi connectivity index (χ3v) is 5.01. The molecule has 1 atom stereocenters. The SMILES string of the molecule is Cc1ccc(SC(C)C(=O)Nc2c(C)cccc2C)c(C)c1. The summed E-state index contributed by atoms with van der Waals surface area (Å²) in [6.45, 7) is 10.2. The predicted octanol–water partition coefficient (Wildman–Crippen LogP) is 5.04. The molecule has 0 spiro atoms. The van der Waals surface area contributed by atoms with Crippen molar-refractivity contribution in [2.75, 3.05) is 5.32 Å². The Labute approximate surface area is 137 Å². The highest BCUT2D eigenvalue weighted by Crippen LogP contribution is 2.28. The van der Waals surface area contributed by atoms with Gasteiger partial charge in [-0.2, -0.15) is 0 Å². The van der Waals surface area contributed by atoms with Crippen molar-refractivity contribution >= 4 is 23.4 Å². The first-order valence-electron chi connectivity index (χ1n) is 7.49. The number of rotatable bonds is 4. The lowest BCUT2D eigenvalue weighted by Crippen LogP contribution is -2.23. The quantitative estimate of drug-likeness (QED) is 0.801. The van der Waals surface area contributed by atoms with Crippen molar-refractivity contribution in [1.82, 2.24) is 0 Å². The summed E-state index contributed by atoms with van der Waals surface area (Å²) in [6, 6.07) is 12.4. The highest BCUT2D eigenvalue weighted by molar-refractivity contribution is 8.00. The molecule has 2 nitrogen and oxygen atoms in total. The van der Waals surface area contributed by atoms with Crippen LogP contribution in [-0.2, 0) is 4.79 Å². The Morgan fingerprint density at radius 2 is 1.64 bits per heavy atom. The van der Waals surface area contributed by atoms with Crippen molar-refractivity contribution in [2.45, 2.75) is 44.8 Å². The predicted molar refractivity (Wildman–Crippen MR) is 95.8 cm³/mol. The lowest BCUT2D eigenvalue weighted by atomic mass is 10.1. The van der Waals surface area contributed by atoms with Gasteiger partial charge in [-0.3, -0.25) is 4.79 Å². The first-order valence-corrected chi connectivity index (χ1v) is 8.37. The van der Waals surface area contributed by atoms with E-state index in [1.807, 2.05) is 39.0 Å². The van der Waals surface area contributed by atoms with Crippen LogP contribution in [-0.4, -0.2) is 11.2 Å². The van der Waals surface area contributed by atoms with E-state index in [4.69, 9.17) is 0 Å². The van der Waals surface area contributed by atoms with Crippen LogP contribution in [0.25, 0.3) is 0 Å². The van der Waals surface area contributed by atoms with Crippen LogP contribution >= 0.6 is 11.8 Å². The number of carbonyl (C=O) groups excluding carboxylic acids is 1. The topological polar surface area (TPSA) is 29.1 Å². The highest BCUT2D eigenvalue weighted by atomic mass is 32.2.